The Labute approximate surface area is 182 Å². The van der Waals surface area contributed by atoms with Crippen LogP contribution in [0.5, 0.6) is 5.75 Å². The molecule has 3 nitrogen and oxygen atoms in total. The highest BCUT2D eigenvalue weighted by Gasteiger charge is 2.15. The molecule has 3 aromatic carbocycles. The maximum Gasteiger partial charge on any atom is 0.342 e. The molecule has 0 fully saturated rings. The second-order valence-corrected chi connectivity index (χ2v) is 7.52. The maximum absolute atomic E-state index is 12.5. The molecule has 28 heavy (non-hydrogen) atoms. The first-order valence-corrected chi connectivity index (χ1v) is 9.72. The molecule has 0 N–H and O–H groups in total. The van der Waals surface area contributed by atoms with Crippen LogP contribution in [-0.4, -0.2) is 5.97 Å². The lowest BCUT2D eigenvalue weighted by Gasteiger charge is -2.12. The average molecular weight is 456 g/mol. The fourth-order valence-electron chi connectivity index (χ4n) is 2.42. The molecule has 0 radical (unpaired) electrons. The van der Waals surface area contributed by atoms with Gasteiger partial charge in [0.2, 0.25) is 0 Å². The van der Waals surface area contributed by atoms with E-state index in [9.17, 15) is 4.79 Å². The third kappa shape index (κ3) is 5.33. The van der Waals surface area contributed by atoms with E-state index in [4.69, 9.17) is 55.9 Å². The van der Waals surface area contributed by atoms with Gasteiger partial charge in [-0.3, -0.25) is 0 Å². The molecule has 0 spiro atoms. The van der Waals surface area contributed by atoms with Crippen LogP contribution in [0.3, 0.4) is 0 Å². The largest absolute Gasteiger partial charge is 0.488 e. The Kier molecular flexibility index (Phi) is 7.08. The molecule has 0 atom stereocenters. The Bertz CT molecular complexity index is 1000. The zero-order chi connectivity index (χ0) is 20.1. The summed E-state index contributed by atoms with van der Waals surface area (Å²) in [7, 11) is 0. The molecule has 0 aliphatic heterocycles. The molecule has 7 heteroatoms. The quantitative estimate of drug-likeness (QED) is 0.367. The van der Waals surface area contributed by atoms with E-state index in [2.05, 4.69) is 0 Å². The van der Waals surface area contributed by atoms with Crippen molar-refractivity contribution in [2.45, 2.75) is 13.2 Å². The van der Waals surface area contributed by atoms with Crippen molar-refractivity contribution in [2.75, 3.05) is 0 Å². The van der Waals surface area contributed by atoms with Gasteiger partial charge in [-0.25, -0.2) is 4.79 Å². The molecule has 0 aliphatic carbocycles. The Hall–Kier alpha value is -1.91. The smallest absolute Gasteiger partial charge is 0.342 e. The third-order valence-electron chi connectivity index (χ3n) is 3.88. The Morgan fingerprint density at radius 3 is 1.93 bits per heavy atom. The summed E-state index contributed by atoms with van der Waals surface area (Å²) in [6.45, 7) is 0.204. The Balaban J connectivity index is 1.69. The summed E-state index contributed by atoms with van der Waals surface area (Å²) in [6.07, 6.45) is 0. The monoisotopic (exact) mass is 454 g/mol. The van der Waals surface area contributed by atoms with E-state index in [0.29, 0.717) is 37.0 Å². The van der Waals surface area contributed by atoms with Crippen molar-refractivity contribution in [2.24, 2.45) is 0 Å². The summed E-state index contributed by atoms with van der Waals surface area (Å²) in [5, 5.41) is 1.98. The summed E-state index contributed by atoms with van der Waals surface area (Å²) < 4.78 is 11.2. The van der Waals surface area contributed by atoms with Crippen molar-refractivity contribution in [1.29, 1.82) is 0 Å². The summed E-state index contributed by atoms with van der Waals surface area (Å²) in [6, 6.07) is 16.9. The maximum atomic E-state index is 12.5. The number of hydrogen-bond acceptors (Lipinski definition) is 3. The normalized spacial score (nSPS) is 10.6. The molecule has 0 heterocycles. The zero-order valence-corrected chi connectivity index (χ0v) is 17.4. The third-order valence-corrected chi connectivity index (χ3v) is 5.05. The number of hydrogen-bond donors (Lipinski definition) is 0. The molecule has 0 amide bonds. The van der Waals surface area contributed by atoms with Gasteiger partial charge in [-0.05, 0) is 36.4 Å². The van der Waals surface area contributed by atoms with Crippen molar-refractivity contribution >= 4 is 52.4 Å². The van der Waals surface area contributed by atoms with E-state index in [1.165, 1.54) is 0 Å². The Morgan fingerprint density at radius 2 is 1.32 bits per heavy atom. The minimum Gasteiger partial charge on any atom is -0.488 e. The topological polar surface area (TPSA) is 35.5 Å². The van der Waals surface area contributed by atoms with Crippen LogP contribution in [0.4, 0.5) is 0 Å². The molecule has 0 aliphatic rings. The zero-order valence-electron chi connectivity index (χ0n) is 14.4. The Morgan fingerprint density at radius 1 is 0.750 bits per heavy atom. The van der Waals surface area contributed by atoms with Gasteiger partial charge in [0.05, 0.1) is 0 Å². The highest BCUT2D eigenvalue weighted by atomic mass is 35.5. The molecule has 0 saturated heterocycles. The number of halogens is 4. The van der Waals surface area contributed by atoms with Gasteiger partial charge in [0.1, 0.15) is 24.5 Å². The molecular formula is C21H14Cl4O3. The van der Waals surface area contributed by atoms with Crippen LogP contribution in [-0.2, 0) is 18.0 Å². The first-order chi connectivity index (χ1) is 13.4. The van der Waals surface area contributed by atoms with Crippen molar-refractivity contribution in [3.8, 4) is 5.75 Å². The van der Waals surface area contributed by atoms with E-state index in [-0.39, 0.29) is 13.2 Å². The van der Waals surface area contributed by atoms with Crippen LogP contribution in [0.25, 0.3) is 0 Å². The van der Waals surface area contributed by atoms with Crippen LogP contribution >= 0.6 is 46.4 Å². The summed E-state index contributed by atoms with van der Waals surface area (Å²) >= 11 is 24.1. The van der Waals surface area contributed by atoms with Crippen molar-refractivity contribution in [1.82, 2.24) is 0 Å². The second kappa shape index (κ2) is 9.53. The summed E-state index contributed by atoms with van der Waals surface area (Å²) in [5.41, 5.74) is 1.71. The standard InChI is InChI=1S/C21H14Cl4O3/c22-15-7-5-13(18(24)9-15)11-27-20-4-2-1-3-17(20)21(26)28-12-14-6-8-16(23)10-19(14)25/h1-10H,11-12H2. The van der Waals surface area contributed by atoms with Gasteiger partial charge < -0.3 is 9.47 Å². The molecule has 0 bridgehead atoms. The van der Waals surface area contributed by atoms with Crippen LogP contribution in [0, 0.1) is 0 Å². The van der Waals surface area contributed by atoms with Gasteiger partial charge in [-0.1, -0.05) is 70.7 Å². The SMILES string of the molecule is O=C(OCc1ccc(Cl)cc1Cl)c1ccccc1OCc1ccc(Cl)cc1Cl. The number of esters is 1. The van der Waals surface area contributed by atoms with Crippen molar-refractivity contribution in [3.63, 3.8) is 0 Å². The molecule has 3 aromatic rings. The number of ether oxygens (including phenoxy) is 2. The molecule has 3 rings (SSSR count). The summed E-state index contributed by atoms with van der Waals surface area (Å²) in [5.74, 6) is -0.135. The second-order valence-electron chi connectivity index (χ2n) is 5.83. The first kappa shape index (κ1) is 20.8. The minimum atomic E-state index is -0.524. The fraction of sp³-hybridized carbons (Fsp3) is 0.0952. The fourth-order valence-corrected chi connectivity index (χ4v) is 3.34. The average Bonchev–Trinajstić information content (AvgIpc) is 2.66. The van der Waals surface area contributed by atoms with Gasteiger partial charge in [-0.15, -0.1) is 0 Å². The van der Waals surface area contributed by atoms with Crippen molar-refractivity contribution < 1.29 is 14.3 Å². The lowest BCUT2D eigenvalue weighted by molar-refractivity contribution is 0.0468. The van der Waals surface area contributed by atoms with Crippen LogP contribution < -0.4 is 4.74 Å². The van der Waals surface area contributed by atoms with Gasteiger partial charge in [0.15, 0.2) is 0 Å². The number of benzene rings is 3. The van der Waals surface area contributed by atoms with Gasteiger partial charge in [0, 0.05) is 31.2 Å². The molecule has 0 aromatic heterocycles. The number of carbonyl (C=O) groups excluding carboxylic acids is 1. The molecule has 0 saturated carbocycles. The molecule has 144 valence electrons. The minimum absolute atomic E-state index is 0.0200. The predicted octanol–water partition coefficient (Wildman–Crippen LogP) is 7.24. The summed E-state index contributed by atoms with van der Waals surface area (Å²) in [4.78, 5) is 12.5. The number of para-hydroxylation sites is 1. The number of carbonyl (C=O) groups is 1. The van der Waals surface area contributed by atoms with E-state index in [1.807, 2.05) is 0 Å². The molecule has 0 unspecified atom stereocenters. The predicted molar refractivity (Wildman–Crippen MR) is 113 cm³/mol. The van der Waals surface area contributed by atoms with Gasteiger partial charge >= 0.3 is 5.97 Å². The lowest BCUT2D eigenvalue weighted by Crippen LogP contribution is -2.08. The van der Waals surface area contributed by atoms with E-state index in [0.717, 1.165) is 5.56 Å². The highest BCUT2D eigenvalue weighted by molar-refractivity contribution is 6.35. The van der Waals surface area contributed by atoms with E-state index >= 15 is 0 Å². The van der Waals surface area contributed by atoms with Crippen molar-refractivity contribution in [3.05, 3.63) is 97.4 Å². The lowest BCUT2D eigenvalue weighted by atomic mass is 10.2. The van der Waals surface area contributed by atoms with Crippen LogP contribution in [0.2, 0.25) is 20.1 Å². The first-order valence-electron chi connectivity index (χ1n) is 8.21. The highest BCUT2D eigenvalue weighted by Crippen LogP contribution is 2.26. The van der Waals surface area contributed by atoms with E-state index < -0.39 is 5.97 Å². The number of rotatable bonds is 6. The van der Waals surface area contributed by atoms with Gasteiger partial charge in [0.25, 0.3) is 0 Å². The molecular weight excluding hydrogens is 442 g/mol. The van der Waals surface area contributed by atoms with E-state index in [1.54, 1.807) is 60.7 Å². The van der Waals surface area contributed by atoms with Crippen LogP contribution in [0.1, 0.15) is 21.5 Å². The van der Waals surface area contributed by atoms with Gasteiger partial charge in [-0.2, -0.15) is 0 Å². The van der Waals surface area contributed by atoms with Crippen LogP contribution in [0.15, 0.2) is 60.7 Å².